The van der Waals surface area contributed by atoms with Crippen molar-refractivity contribution in [3.8, 4) is 0 Å². The second-order valence-corrected chi connectivity index (χ2v) is 4.51. The fourth-order valence-corrected chi connectivity index (χ4v) is 2.14. The van der Waals surface area contributed by atoms with Gasteiger partial charge in [-0.3, -0.25) is 20.3 Å². The lowest BCUT2D eigenvalue weighted by Crippen LogP contribution is -2.39. The maximum Gasteiger partial charge on any atom is 0.348 e. The van der Waals surface area contributed by atoms with Gasteiger partial charge >= 0.3 is 5.69 Å². The summed E-state index contributed by atoms with van der Waals surface area (Å²) in [5.74, 6) is 0. The third kappa shape index (κ3) is 2.22. The van der Waals surface area contributed by atoms with Crippen molar-refractivity contribution in [1.29, 1.82) is 0 Å². The van der Waals surface area contributed by atoms with Crippen LogP contribution in [0.2, 0.25) is 0 Å². The van der Waals surface area contributed by atoms with Gasteiger partial charge in [-0.2, -0.15) is 4.68 Å². The van der Waals surface area contributed by atoms with Gasteiger partial charge in [0.2, 0.25) is 0 Å². The molecular formula is C14H10N4O4. The Kier molecular flexibility index (Phi) is 3.18. The van der Waals surface area contributed by atoms with E-state index in [0.717, 1.165) is 0 Å². The first-order valence-corrected chi connectivity index (χ1v) is 6.32. The van der Waals surface area contributed by atoms with E-state index in [1.165, 1.54) is 18.2 Å². The zero-order valence-corrected chi connectivity index (χ0v) is 11.1. The molecule has 0 aliphatic rings. The predicted molar refractivity (Wildman–Crippen MR) is 80.9 cm³/mol. The molecule has 1 heterocycles. The van der Waals surface area contributed by atoms with Gasteiger partial charge in [0.1, 0.15) is 5.39 Å². The zero-order chi connectivity index (χ0) is 15.7. The first-order chi connectivity index (χ1) is 10.6. The first kappa shape index (κ1) is 13.6. The van der Waals surface area contributed by atoms with Crippen molar-refractivity contribution in [2.75, 3.05) is 5.43 Å². The molecule has 2 aromatic carbocycles. The molecule has 0 unspecified atom stereocenters. The quantitative estimate of drug-likeness (QED) is 0.562. The summed E-state index contributed by atoms with van der Waals surface area (Å²) in [4.78, 5) is 37.3. The monoisotopic (exact) mass is 298 g/mol. The number of benzene rings is 2. The zero-order valence-electron chi connectivity index (χ0n) is 11.1. The Labute approximate surface area is 122 Å². The van der Waals surface area contributed by atoms with Crippen molar-refractivity contribution in [1.82, 2.24) is 9.66 Å². The van der Waals surface area contributed by atoms with Crippen LogP contribution in [0, 0.1) is 10.1 Å². The van der Waals surface area contributed by atoms with E-state index in [2.05, 4.69) is 10.4 Å². The van der Waals surface area contributed by atoms with Gasteiger partial charge in [-0.15, -0.1) is 0 Å². The number of nitro groups is 1. The van der Waals surface area contributed by atoms with E-state index in [1.54, 1.807) is 30.3 Å². The Morgan fingerprint density at radius 3 is 2.45 bits per heavy atom. The normalized spacial score (nSPS) is 10.5. The van der Waals surface area contributed by atoms with Crippen molar-refractivity contribution in [3.05, 3.63) is 79.5 Å². The standard InChI is InChI=1S/C14H10N4O4/c19-13-12-10(7-4-8-11(12)18(21)22)15-14(20)17(13)16-9-5-2-1-3-6-9/h1-8,16H,(H,15,20). The molecule has 1 aromatic heterocycles. The minimum absolute atomic E-state index is 0.121. The van der Waals surface area contributed by atoms with Crippen LogP contribution in [0.1, 0.15) is 0 Å². The lowest BCUT2D eigenvalue weighted by Gasteiger charge is -2.09. The van der Waals surface area contributed by atoms with E-state index in [4.69, 9.17) is 0 Å². The highest BCUT2D eigenvalue weighted by Crippen LogP contribution is 2.19. The summed E-state index contributed by atoms with van der Waals surface area (Å²) in [6.45, 7) is 0. The number of hydrogen-bond donors (Lipinski definition) is 2. The van der Waals surface area contributed by atoms with E-state index in [9.17, 15) is 19.7 Å². The fraction of sp³-hybridized carbons (Fsp3) is 0. The number of fused-ring (bicyclic) bond motifs is 1. The summed E-state index contributed by atoms with van der Waals surface area (Å²) in [6, 6.07) is 12.6. The highest BCUT2D eigenvalue weighted by atomic mass is 16.6. The second kappa shape index (κ2) is 5.17. The maximum atomic E-state index is 12.5. The summed E-state index contributed by atoms with van der Waals surface area (Å²) in [5.41, 5.74) is 1.42. The van der Waals surface area contributed by atoms with Crippen LogP contribution in [0.4, 0.5) is 11.4 Å². The number of non-ortho nitro benzene ring substituents is 1. The van der Waals surface area contributed by atoms with Gasteiger partial charge in [-0.25, -0.2) is 4.79 Å². The van der Waals surface area contributed by atoms with E-state index < -0.39 is 16.2 Å². The Morgan fingerprint density at radius 2 is 1.77 bits per heavy atom. The van der Waals surface area contributed by atoms with Gasteiger partial charge in [0, 0.05) is 6.07 Å². The molecule has 0 aliphatic carbocycles. The van der Waals surface area contributed by atoms with E-state index in [1.807, 2.05) is 0 Å². The molecule has 0 bridgehead atoms. The lowest BCUT2D eigenvalue weighted by atomic mass is 10.2. The summed E-state index contributed by atoms with van der Waals surface area (Å²) >= 11 is 0. The van der Waals surface area contributed by atoms with Gasteiger partial charge in [-0.05, 0) is 18.2 Å². The van der Waals surface area contributed by atoms with Crippen LogP contribution >= 0.6 is 0 Å². The summed E-state index contributed by atoms with van der Waals surface area (Å²) in [6.07, 6.45) is 0. The molecule has 0 saturated heterocycles. The molecule has 22 heavy (non-hydrogen) atoms. The van der Waals surface area contributed by atoms with Gasteiger partial charge in [0.25, 0.3) is 11.2 Å². The van der Waals surface area contributed by atoms with Crippen LogP contribution in [0.3, 0.4) is 0 Å². The second-order valence-electron chi connectivity index (χ2n) is 4.51. The topological polar surface area (TPSA) is 110 Å². The molecule has 8 nitrogen and oxygen atoms in total. The Morgan fingerprint density at radius 1 is 1.05 bits per heavy atom. The number of H-pyrrole nitrogens is 1. The largest absolute Gasteiger partial charge is 0.348 e. The molecule has 0 spiro atoms. The number of nitrogens with zero attached hydrogens (tertiary/aromatic N) is 2. The molecular weight excluding hydrogens is 288 g/mol. The Bertz CT molecular complexity index is 976. The maximum absolute atomic E-state index is 12.5. The number of rotatable bonds is 3. The highest BCUT2D eigenvalue weighted by molar-refractivity contribution is 5.86. The Balaban J connectivity index is 2.28. The van der Waals surface area contributed by atoms with E-state index >= 15 is 0 Å². The van der Waals surface area contributed by atoms with Crippen LogP contribution in [0.15, 0.2) is 58.1 Å². The van der Waals surface area contributed by atoms with Crippen LogP contribution in [0.5, 0.6) is 0 Å². The number of aromatic amines is 1. The SMILES string of the molecule is O=c1[nH]c2cccc([N+](=O)[O-])c2c(=O)n1Nc1ccccc1. The summed E-state index contributed by atoms with van der Waals surface area (Å²) < 4.78 is 0.713. The highest BCUT2D eigenvalue weighted by Gasteiger charge is 2.18. The molecule has 0 radical (unpaired) electrons. The van der Waals surface area contributed by atoms with Crippen molar-refractivity contribution in [2.45, 2.75) is 0 Å². The van der Waals surface area contributed by atoms with Crippen LogP contribution < -0.4 is 16.7 Å². The average Bonchev–Trinajstić information content (AvgIpc) is 2.51. The molecule has 3 rings (SSSR count). The number of hydrogen-bond acceptors (Lipinski definition) is 5. The number of nitro benzene ring substituents is 1. The van der Waals surface area contributed by atoms with Crippen LogP contribution in [-0.2, 0) is 0 Å². The number of para-hydroxylation sites is 1. The third-order valence-corrected chi connectivity index (χ3v) is 3.12. The van der Waals surface area contributed by atoms with Gasteiger partial charge < -0.3 is 4.98 Å². The smallest absolute Gasteiger partial charge is 0.305 e. The molecule has 0 aliphatic heterocycles. The van der Waals surface area contributed by atoms with Crippen molar-refractivity contribution >= 4 is 22.3 Å². The molecule has 0 amide bonds. The molecule has 110 valence electrons. The van der Waals surface area contributed by atoms with Crippen molar-refractivity contribution in [2.24, 2.45) is 0 Å². The van der Waals surface area contributed by atoms with Crippen molar-refractivity contribution < 1.29 is 4.92 Å². The first-order valence-electron chi connectivity index (χ1n) is 6.32. The summed E-state index contributed by atoms with van der Waals surface area (Å²) in [5, 5.41) is 10.9. The molecule has 0 atom stereocenters. The number of nitrogens with one attached hydrogen (secondary N) is 2. The molecule has 3 aromatic rings. The molecule has 8 heteroatoms. The Hall–Kier alpha value is -3.42. The predicted octanol–water partition coefficient (Wildman–Crippen LogP) is 1.47. The summed E-state index contributed by atoms with van der Waals surface area (Å²) in [7, 11) is 0. The lowest BCUT2D eigenvalue weighted by molar-refractivity contribution is -0.383. The average molecular weight is 298 g/mol. The number of aromatic nitrogens is 2. The fourth-order valence-electron chi connectivity index (χ4n) is 2.14. The van der Waals surface area contributed by atoms with Crippen LogP contribution in [-0.4, -0.2) is 14.6 Å². The van der Waals surface area contributed by atoms with Gasteiger partial charge in [0.15, 0.2) is 0 Å². The minimum Gasteiger partial charge on any atom is -0.305 e. The van der Waals surface area contributed by atoms with Gasteiger partial charge in [-0.1, -0.05) is 24.3 Å². The minimum atomic E-state index is -0.782. The molecule has 0 saturated carbocycles. The van der Waals surface area contributed by atoms with E-state index in [0.29, 0.717) is 10.4 Å². The number of anilines is 1. The molecule has 0 fully saturated rings. The van der Waals surface area contributed by atoms with E-state index in [-0.39, 0.29) is 16.6 Å². The van der Waals surface area contributed by atoms with Gasteiger partial charge in [0.05, 0.1) is 16.1 Å². The van der Waals surface area contributed by atoms with Crippen molar-refractivity contribution in [3.63, 3.8) is 0 Å². The van der Waals surface area contributed by atoms with Crippen LogP contribution in [0.25, 0.3) is 10.9 Å². The third-order valence-electron chi connectivity index (χ3n) is 3.12. The molecule has 2 N–H and O–H groups in total.